The first-order valence-corrected chi connectivity index (χ1v) is 11.0. The maximum atomic E-state index is 13.2. The minimum absolute atomic E-state index is 0.00487. The normalized spacial score (nSPS) is 24.3. The average molecular weight is 418 g/mol. The van der Waals surface area contributed by atoms with Crippen molar-refractivity contribution in [2.24, 2.45) is 17.8 Å². The van der Waals surface area contributed by atoms with Crippen LogP contribution >= 0.6 is 0 Å². The SMILES string of the molecule is Cc1ccc(CNC(=O)[C@H]2[C@H]3CC[C@H](C3)[C@@H]2c2nc(COc3ccccc3)no2)cc1. The molecule has 0 unspecified atom stereocenters. The first-order chi connectivity index (χ1) is 15.2. The van der Waals surface area contributed by atoms with E-state index in [1.165, 1.54) is 5.56 Å². The number of rotatable bonds is 7. The first-order valence-electron chi connectivity index (χ1n) is 11.0. The van der Waals surface area contributed by atoms with Crippen molar-refractivity contribution >= 4 is 5.91 Å². The summed E-state index contributed by atoms with van der Waals surface area (Å²) < 4.78 is 11.4. The van der Waals surface area contributed by atoms with Gasteiger partial charge >= 0.3 is 0 Å². The quantitative estimate of drug-likeness (QED) is 0.616. The van der Waals surface area contributed by atoms with Crippen LogP contribution in [0.3, 0.4) is 0 Å². The molecule has 2 saturated carbocycles. The van der Waals surface area contributed by atoms with E-state index in [9.17, 15) is 4.79 Å². The maximum Gasteiger partial charge on any atom is 0.230 e. The lowest BCUT2D eigenvalue weighted by molar-refractivity contribution is -0.127. The van der Waals surface area contributed by atoms with Gasteiger partial charge < -0.3 is 14.6 Å². The minimum Gasteiger partial charge on any atom is -0.485 e. The van der Waals surface area contributed by atoms with Crippen LogP contribution in [0, 0.1) is 24.7 Å². The summed E-state index contributed by atoms with van der Waals surface area (Å²) in [4.78, 5) is 17.8. The van der Waals surface area contributed by atoms with Gasteiger partial charge in [-0.3, -0.25) is 4.79 Å². The number of fused-ring (bicyclic) bond motifs is 2. The molecule has 1 aromatic heterocycles. The molecule has 1 amide bonds. The molecule has 31 heavy (non-hydrogen) atoms. The predicted octanol–water partition coefficient (Wildman–Crippen LogP) is 4.40. The highest BCUT2D eigenvalue weighted by Crippen LogP contribution is 2.56. The summed E-state index contributed by atoms with van der Waals surface area (Å²) in [6.45, 7) is 2.85. The van der Waals surface area contributed by atoms with Crippen LogP contribution in [0.5, 0.6) is 5.75 Å². The molecular formula is C25H27N3O3. The van der Waals surface area contributed by atoms with Crippen molar-refractivity contribution in [2.75, 3.05) is 0 Å². The number of amides is 1. The second-order valence-corrected chi connectivity index (χ2v) is 8.74. The highest BCUT2D eigenvalue weighted by Gasteiger charge is 2.53. The summed E-state index contributed by atoms with van der Waals surface area (Å²) in [6.07, 6.45) is 3.28. The van der Waals surface area contributed by atoms with Gasteiger partial charge in [-0.05, 0) is 55.7 Å². The van der Waals surface area contributed by atoms with E-state index in [0.717, 1.165) is 30.6 Å². The smallest absolute Gasteiger partial charge is 0.230 e. The van der Waals surface area contributed by atoms with Gasteiger partial charge in [-0.25, -0.2) is 0 Å². The van der Waals surface area contributed by atoms with Crippen LogP contribution in [0.4, 0.5) is 0 Å². The third kappa shape index (κ3) is 4.20. The van der Waals surface area contributed by atoms with E-state index in [1.54, 1.807) is 0 Å². The second-order valence-electron chi connectivity index (χ2n) is 8.74. The summed E-state index contributed by atoms with van der Waals surface area (Å²) in [5, 5.41) is 7.26. The molecule has 2 fully saturated rings. The van der Waals surface area contributed by atoms with Crippen molar-refractivity contribution in [1.82, 2.24) is 15.5 Å². The molecule has 0 saturated heterocycles. The number of carbonyl (C=O) groups is 1. The standard InChI is InChI=1S/C25H27N3O3/c1-16-7-9-17(10-8-16)14-26-24(29)22-18-11-12-19(13-18)23(22)25-27-21(28-31-25)15-30-20-5-3-2-4-6-20/h2-10,18-19,22-23H,11-15H2,1H3,(H,26,29)/t18-,19+,22-,23-/m0/s1. The molecule has 2 aliphatic rings. The van der Waals surface area contributed by atoms with Gasteiger partial charge in [0.2, 0.25) is 17.6 Å². The fourth-order valence-corrected chi connectivity index (χ4v) is 5.16. The van der Waals surface area contributed by atoms with E-state index in [-0.39, 0.29) is 24.3 Å². The number of ether oxygens (including phenoxy) is 1. The average Bonchev–Trinajstić information content (AvgIpc) is 3.54. The van der Waals surface area contributed by atoms with Crippen LogP contribution in [0.15, 0.2) is 59.1 Å². The number of nitrogens with zero attached hydrogens (tertiary/aromatic N) is 2. The molecule has 0 spiro atoms. The molecule has 6 nitrogen and oxygen atoms in total. The largest absolute Gasteiger partial charge is 0.485 e. The zero-order valence-corrected chi connectivity index (χ0v) is 17.7. The number of para-hydroxylation sites is 1. The van der Waals surface area contributed by atoms with E-state index >= 15 is 0 Å². The third-order valence-corrected chi connectivity index (χ3v) is 6.69. The molecule has 1 heterocycles. The molecule has 1 N–H and O–H groups in total. The van der Waals surface area contributed by atoms with Crippen LogP contribution in [0.2, 0.25) is 0 Å². The van der Waals surface area contributed by atoms with Gasteiger partial charge in [0, 0.05) is 6.54 Å². The molecule has 6 heteroatoms. The van der Waals surface area contributed by atoms with Gasteiger partial charge in [0.25, 0.3) is 0 Å². The van der Waals surface area contributed by atoms with Crippen LogP contribution in [-0.4, -0.2) is 16.0 Å². The summed E-state index contributed by atoms with van der Waals surface area (Å²) in [7, 11) is 0. The maximum absolute atomic E-state index is 13.2. The lowest BCUT2D eigenvalue weighted by atomic mass is 9.78. The Bertz CT molecular complexity index is 1030. The van der Waals surface area contributed by atoms with Crippen LogP contribution in [0.25, 0.3) is 0 Å². The number of hydrogen-bond donors (Lipinski definition) is 1. The summed E-state index contributed by atoms with van der Waals surface area (Å²) >= 11 is 0. The van der Waals surface area contributed by atoms with Crippen molar-refractivity contribution in [1.29, 1.82) is 0 Å². The van der Waals surface area contributed by atoms with Crippen molar-refractivity contribution in [3.05, 3.63) is 77.4 Å². The fourth-order valence-electron chi connectivity index (χ4n) is 5.16. The van der Waals surface area contributed by atoms with E-state index in [0.29, 0.717) is 30.1 Å². The van der Waals surface area contributed by atoms with Crippen LogP contribution in [0.1, 0.15) is 48.0 Å². The Morgan fingerprint density at radius 1 is 1.10 bits per heavy atom. The molecule has 2 aromatic carbocycles. The summed E-state index contributed by atoms with van der Waals surface area (Å²) in [5.74, 6) is 2.67. The van der Waals surface area contributed by atoms with Gasteiger partial charge in [-0.15, -0.1) is 0 Å². The second kappa shape index (κ2) is 8.53. The predicted molar refractivity (Wildman–Crippen MR) is 115 cm³/mol. The number of hydrogen-bond acceptors (Lipinski definition) is 5. The van der Waals surface area contributed by atoms with Crippen molar-refractivity contribution in [2.45, 2.75) is 45.3 Å². The van der Waals surface area contributed by atoms with Gasteiger partial charge in [0.05, 0.1) is 11.8 Å². The lowest BCUT2D eigenvalue weighted by Crippen LogP contribution is -2.37. The Balaban J connectivity index is 1.26. The first kappa shape index (κ1) is 19.8. The monoisotopic (exact) mass is 417 g/mol. The Hall–Kier alpha value is -3.15. The molecule has 0 radical (unpaired) electrons. The zero-order valence-electron chi connectivity index (χ0n) is 17.7. The number of benzene rings is 2. The Kier molecular flexibility index (Phi) is 5.45. The number of nitrogens with one attached hydrogen (secondary N) is 1. The van der Waals surface area contributed by atoms with Crippen molar-refractivity contribution in [3.63, 3.8) is 0 Å². The fraction of sp³-hybridized carbons (Fsp3) is 0.400. The van der Waals surface area contributed by atoms with E-state index in [1.807, 2.05) is 30.3 Å². The molecule has 160 valence electrons. The lowest BCUT2D eigenvalue weighted by Gasteiger charge is -2.27. The van der Waals surface area contributed by atoms with E-state index in [2.05, 4.69) is 46.6 Å². The van der Waals surface area contributed by atoms with E-state index < -0.39 is 0 Å². The van der Waals surface area contributed by atoms with Crippen LogP contribution in [-0.2, 0) is 17.9 Å². The van der Waals surface area contributed by atoms with Crippen molar-refractivity contribution in [3.8, 4) is 5.75 Å². The molecule has 5 rings (SSSR count). The van der Waals surface area contributed by atoms with Gasteiger partial charge in [-0.1, -0.05) is 53.2 Å². The third-order valence-electron chi connectivity index (χ3n) is 6.69. The molecule has 0 aliphatic heterocycles. The zero-order chi connectivity index (χ0) is 21.2. The Morgan fingerprint density at radius 3 is 2.68 bits per heavy atom. The van der Waals surface area contributed by atoms with Gasteiger partial charge in [0.1, 0.15) is 5.75 Å². The molecule has 2 aliphatic carbocycles. The number of aromatic nitrogens is 2. The van der Waals surface area contributed by atoms with Crippen molar-refractivity contribution < 1.29 is 14.1 Å². The minimum atomic E-state index is -0.104. The molecule has 4 atom stereocenters. The van der Waals surface area contributed by atoms with Gasteiger partial charge in [-0.2, -0.15) is 4.98 Å². The molecule has 3 aromatic rings. The van der Waals surface area contributed by atoms with Crippen LogP contribution < -0.4 is 10.1 Å². The summed E-state index contributed by atoms with van der Waals surface area (Å²) in [6, 6.07) is 17.8. The van der Waals surface area contributed by atoms with Gasteiger partial charge in [0.15, 0.2) is 6.61 Å². The topological polar surface area (TPSA) is 77.2 Å². The Morgan fingerprint density at radius 2 is 1.87 bits per heavy atom. The highest BCUT2D eigenvalue weighted by atomic mass is 16.5. The summed E-state index contributed by atoms with van der Waals surface area (Å²) in [5.41, 5.74) is 2.32. The van der Waals surface area contributed by atoms with E-state index in [4.69, 9.17) is 9.26 Å². The Labute approximate surface area is 182 Å². The molecule has 2 bridgehead atoms. The molecular weight excluding hydrogens is 390 g/mol. The number of carbonyl (C=O) groups excluding carboxylic acids is 1. The highest BCUT2D eigenvalue weighted by molar-refractivity contribution is 5.80. The number of aryl methyl sites for hydroxylation is 1.